The lowest BCUT2D eigenvalue weighted by Gasteiger charge is -2.25. The van der Waals surface area contributed by atoms with E-state index in [2.05, 4.69) is 15.3 Å². The molecule has 13 nitrogen and oxygen atoms in total. The van der Waals surface area contributed by atoms with E-state index in [0.29, 0.717) is 4.31 Å². The molecule has 1 atom stereocenters. The van der Waals surface area contributed by atoms with Crippen molar-refractivity contribution >= 4 is 62.7 Å². The van der Waals surface area contributed by atoms with Gasteiger partial charge in [-0.25, -0.2) is 14.8 Å². The summed E-state index contributed by atoms with van der Waals surface area (Å²) >= 11 is -2.19. The van der Waals surface area contributed by atoms with Gasteiger partial charge < -0.3 is 32.2 Å². The SMILES string of the molecule is NC(=O)c1cc(N(c2scnc2C(=O)O)S(=O)[O-])ccc1NC(=O)CN=C(N)N. The van der Waals surface area contributed by atoms with Gasteiger partial charge in [0.15, 0.2) is 11.7 Å². The van der Waals surface area contributed by atoms with Crippen molar-refractivity contribution in [3.8, 4) is 0 Å². The third kappa shape index (κ3) is 5.24. The number of primary amides is 1. The Balaban J connectivity index is 2.46. The number of hydrogen-bond acceptors (Lipinski definition) is 8. The summed E-state index contributed by atoms with van der Waals surface area (Å²) in [5, 5.41) is 11.3. The maximum atomic E-state index is 11.9. The Morgan fingerprint density at radius 2 is 2.00 bits per heavy atom. The van der Waals surface area contributed by atoms with Gasteiger partial charge in [0.2, 0.25) is 5.91 Å². The van der Waals surface area contributed by atoms with Crippen molar-refractivity contribution in [3.63, 3.8) is 0 Å². The average Bonchev–Trinajstić information content (AvgIpc) is 3.10. The highest BCUT2D eigenvalue weighted by molar-refractivity contribution is 7.81. The van der Waals surface area contributed by atoms with Gasteiger partial charge in [0.05, 0.1) is 33.7 Å². The summed E-state index contributed by atoms with van der Waals surface area (Å²) < 4.78 is 24.1. The zero-order chi connectivity index (χ0) is 21.7. The molecule has 0 fully saturated rings. The Labute approximate surface area is 169 Å². The summed E-state index contributed by atoms with van der Waals surface area (Å²) in [5.41, 5.74) is 15.9. The molecule has 0 saturated heterocycles. The zero-order valence-electron chi connectivity index (χ0n) is 14.4. The maximum Gasteiger partial charge on any atom is 0.357 e. The predicted octanol–water partition coefficient (Wildman–Crippen LogP) is -0.916. The molecule has 15 heteroatoms. The first-order chi connectivity index (χ1) is 13.6. The van der Waals surface area contributed by atoms with Crippen LogP contribution in [0.5, 0.6) is 0 Å². The quantitative estimate of drug-likeness (QED) is 0.194. The molecule has 0 bridgehead atoms. The van der Waals surface area contributed by atoms with E-state index in [1.807, 2.05) is 0 Å². The second-order valence-electron chi connectivity index (χ2n) is 5.21. The first kappa shape index (κ1) is 21.7. The van der Waals surface area contributed by atoms with Gasteiger partial charge >= 0.3 is 5.97 Å². The van der Waals surface area contributed by atoms with E-state index < -0.39 is 41.3 Å². The number of carbonyl (C=O) groups excluding carboxylic acids is 2. The molecular weight excluding hydrogens is 426 g/mol. The molecule has 1 heterocycles. The van der Waals surface area contributed by atoms with E-state index in [1.165, 1.54) is 12.1 Å². The van der Waals surface area contributed by atoms with Crippen LogP contribution in [-0.4, -0.2) is 49.1 Å². The van der Waals surface area contributed by atoms with Crippen LogP contribution >= 0.6 is 11.3 Å². The number of carbonyl (C=O) groups is 3. The molecule has 0 aliphatic heterocycles. The van der Waals surface area contributed by atoms with Gasteiger partial charge in [-0.1, -0.05) is 0 Å². The van der Waals surface area contributed by atoms with E-state index in [-0.39, 0.29) is 27.9 Å². The summed E-state index contributed by atoms with van der Waals surface area (Å²) in [7, 11) is 0. The van der Waals surface area contributed by atoms with Crippen molar-refractivity contribution in [2.75, 3.05) is 16.2 Å². The normalized spacial score (nSPS) is 11.3. The van der Waals surface area contributed by atoms with Crippen LogP contribution in [0.25, 0.3) is 0 Å². The Morgan fingerprint density at radius 3 is 2.55 bits per heavy atom. The predicted molar refractivity (Wildman–Crippen MR) is 104 cm³/mol. The second-order valence-corrected chi connectivity index (χ2v) is 6.84. The summed E-state index contributed by atoms with van der Waals surface area (Å²) in [6.07, 6.45) is 0. The Morgan fingerprint density at radius 1 is 1.31 bits per heavy atom. The van der Waals surface area contributed by atoms with Gasteiger partial charge in [-0.05, 0) is 18.2 Å². The fraction of sp³-hybridized carbons (Fsp3) is 0.0714. The van der Waals surface area contributed by atoms with Crippen LogP contribution in [-0.2, 0) is 16.1 Å². The highest BCUT2D eigenvalue weighted by Gasteiger charge is 2.23. The molecule has 0 saturated carbocycles. The fourth-order valence-corrected chi connectivity index (χ4v) is 3.66. The Bertz CT molecular complexity index is 1020. The largest absolute Gasteiger partial charge is 0.755 e. The average molecular weight is 440 g/mol. The third-order valence-corrected chi connectivity index (χ3v) is 4.88. The van der Waals surface area contributed by atoms with Gasteiger partial charge in [0.25, 0.3) is 5.91 Å². The van der Waals surface area contributed by atoms with Gasteiger partial charge in [-0.2, -0.15) is 0 Å². The number of nitrogens with zero attached hydrogens (tertiary/aromatic N) is 3. The molecule has 0 radical (unpaired) electrons. The molecule has 0 aliphatic rings. The standard InChI is InChI=1S/C14H15N7O6S2/c15-11(23)7-3-6(1-2-8(7)20-9(22)4-18-14(16)17)21(29(26)27)12-10(13(24)25)19-5-28-12/h1-3,5H,4H2,(H2,15,23)(H,20,22)(H,24,25)(H,26,27)(H4,16,17,18)/p-1. The third-order valence-electron chi connectivity index (χ3n) is 3.27. The van der Waals surface area contributed by atoms with Gasteiger partial charge in [0, 0.05) is 0 Å². The topological polar surface area (TPSA) is 230 Å². The monoisotopic (exact) mass is 440 g/mol. The zero-order valence-corrected chi connectivity index (χ0v) is 16.0. The maximum absolute atomic E-state index is 11.9. The molecule has 1 unspecified atom stereocenters. The second kappa shape index (κ2) is 9.09. The molecule has 1 aromatic carbocycles. The number of aromatic carboxylic acids is 1. The first-order valence-corrected chi connectivity index (χ1v) is 9.38. The van der Waals surface area contributed by atoms with E-state index in [0.717, 1.165) is 22.9 Å². The van der Waals surface area contributed by atoms with Crippen molar-refractivity contribution in [2.45, 2.75) is 0 Å². The molecule has 0 spiro atoms. The highest BCUT2D eigenvalue weighted by Crippen LogP contribution is 2.35. The lowest BCUT2D eigenvalue weighted by Crippen LogP contribution is -2.26. The molecule has 154 valence electrons. The van der Waals surface area contributed by atoms with Crippen molar-refractivity contribution in [2.24, 2.45) is 22.2 Å². The number of guanidine groups is 1. The van der Waals surface area contributed by atoms with Crippen molar-refractivity contribution in [1.29, 1.82) is 0 Å². The molecule has 2 aromatic rings. The van der Waals surface area contributed by atoms with Gasteiger partial charge in [0.1, 0.15) is 11.5 Å². The minimum Gasteiger partial charge on any atom is -0.755 e. The van der Waals surface area contributed by atoms with Gasteiger partial charge in [-0.15, -0.1) is 11.3 Å². The first-order valence-electron chi connectivity index (χ1n) is 7.47. The molecule has 29 heavy (non-hydrogen) atoms. The number of anilines is 3. The molecular formula is C14H14N7O6S2-. The number of aromatic nitrogens is 1. The lowest BCUT2D eigenvalue weighted by atomic mass is 10.1. The number of thiazole rings is 1. The Kier molecular flexibility index (Phi) is 6.81. The number of nitrogens with one attached hydrogen (secondary N) is 1. The number of hydrogen-bond donors (Lipinski definition) is 5. The van der Waals surface area contributed by atoms with E-state index in [9.17, 15) is 28.3 Å². The van der Waals surface area contributed by atoms with Crippen molar-refractivity contribution in [3.05, 3.63) is 35.0 Å². The van der Waals surface area contributed by atoms with Gasteiger partial charge in [-0.3, -0.25) is 18.1 Å². The highest BCUT2D eigenvalue weighted by atomic mass is 32.2. The fourth-order valence-electron chi connectivity index (χ4n) is 2.13. The lowest BCUT2D eigenvalue weighted by molar-refractivity contribution is -0.114. The molecule has 1 aromatic heterocycles. The molecule has 2 amide bonds. The van der Waals surface area contributed by atoms with Crippen molar-refractivity contribution in [1.82, 2.24) is 4.98 Å². The summed E-state index contributed by atoms with van der Waals surface area (Å²) in [4.78, 5) is 42.1. The number of amides is 2. The van der Waals surface area contributed by atoms with E-state index >= 15 is 0 Å². The molecule has 2 rings (SSSR count). The number of rotatable bonds is 8. The van der Waals surface area contributed by atoms with E-state index in [4.69, 9.17) is 17.2 Å². The summed E-state index contributed by atoms with van der Waals surface area (Å²) in [5.74, 6) is -3.37. The Hall–Kier alpha value is -3.56. The van der Waals surface area contributed by atoms with Crippen LogP contribution in [0, 0.1) is 0 Å². The molecule has 0 aliphatic carbocycles. The molecule has 8 N–H and O–H groups in total. The minimum atomic E-state index is -2.95. The number of nitrogens with two attached hydrogens (primary N) is 3. The number of benzene rings is 1. The van der Waals surface area contributed by atoms with Crippen LogP contribution in [0.2, 0.25) is 0 Å². The van der Waals surface area contributed by atoms with Crippen LogP contribution in [0.1, 0.15) is 20.8 Å². The van der Waals surface area contributed by atoms with E-state index in [1.54, 1.807) is 0 Å². The van der Waals surface area contributed by atoms with Crippen LogP contribution < -0.4 is 26.8 Å². The number of carboxylic acids is 1. The smallest absolute Gasteiger partial charge is 0.357 e. The minimum absolute atomic E-state index is 0.0172. The van der Waals surface area contributed by atoms with Crippen LogP contribution in [0.4, 0.5) is 16.4 Å². The number of carboxylic acid groups (broad SMARTS) is 1. The number of aliphatic imine (C=N–C) groups is 1. The van der Waals surface area contributed by atoms with Crippen LogP contribution in [0.3, 0.4) is 0 Å². The van der Waals surface area contributed by atoms with Crippen molar-refractivity contribution < 1.29 is 28.3 Å². The summed E-state index contributed by atoms with van der Waals surface area (Å²) in [6.45, 7) is -0.415. The summed E-state index contributed by atoms with van der Waals surface area (Å²) in [6, 6.07) is 3.55. The van der Waals surface area contributed by atoms with Crippen LogP contribution in [0.15, 0.2) is 28.7 Å².